The van der Waals surface area contributed by atoms with Crippen LogP contribution in [0.15, 0.2) is 0 Å². The van der Waals surface area contributed by atoms with E-state index in [9.17, 15) is 14.7 Å². The summed E-state index contributed by atoms with van der Waals surface area (Å²) in [5, 5.41) is 9.58. The molecule has 0 saturated heterocycles. The highest BCUT2D eigenvalue weighted by atomic mass is 16.3. The summed E-state index contributed by atoms with van der Waals surface area (Å²) in [7, 11) is 0. The molecule has 0 aliphatic carbocycles. The maximum atomic E-state index is 11.4. The van der Waals surface area contributed by atoms with Gasteiger partial charge in [0.1, 0.15) is 11.9 Å². The van der Waals surface area contributed by atoms with Gasteiger partial charge in [0.2, 0.25) is 0 Å². The number of hydrogen-bond donors (Lipinski definition) is 1. The number of rotatable bonds is 5. The third kappa shape index (κ3) is 5.12. The Balaban J connectivity index is 3.91. The number of Topliss-reactive ketones (excluding diaryl/α,β-unsaturated/α-hetero) is 2. The third-order valence-electron chi connectivity index (χ3n) is 2.08. The van der Waals surface area contributed by atoms with Crippen molar-refractivity contribution in [3.05, 3.63) is 0 Å². The van der Waals surface area contributed by atoms with Gasteiger partial charge < -0.3 is 9.90 Å². The van der Waals surface area contributed by atoms with E-state index in [4.69, 9.17) is 0 Å². The molecule has 3 nitrogen and oxygen atoms in total. The van der Waals surface area contributed by atoms with Gasteiger partial charge >= 0.3 is 0 Å². The maximum Gasteiger partial charge on any atom is 0.161 e. The van der Waals surface area contributed by atoms with E-state index in [1.54, 1.807) is 0 Å². The fraction of sp³-hybridized carbons (Fsp3) is 0.818. The molecule has 0 aliphatic heterocycles. The van der Waals surface area contributed by atoms with Crippen LogP contribution in [-0.4, -0.2) is 22.8 Å². The summed E-state index contributed by atoms with van der Waals surface area (Å²) in [5.74, 6) is -0.0817. The molecule has 0 saturated carbocycles. The fourth-order valence-corrected chi connectivity index (χ4v) is 1.13. The van der Waals surface area contributed by atoms with Crippen LogP contribution in [0, 0.1) is 5.41 Å². The Bertz CT molecular complexity index is 213. The summed E-state index contributed by atoms with van der Waals surface area (Å²) >= 11 is 0. The summed E-state index contributed by atoms with van der Waals surface area (Å²) in [6.45, 7) is 6.96. The topological polar surface area (TPSA) is 54.4 Å². The van der Waals surface area contributed by atoms with Crippen molar-refractivity contribution >= 4 is 11.6 Å². The van der Waals surface area contributed by atoms with Crippen molar-refractivity contribution in [1.29, 1.82) is 0 Å². The Labute approximate surface area is 85.5 Å². The van der Waals surface area contributed by atoms with E-state index >= 15 is 0 Å². The highest BCUT2D eigenvalue weighted by molar-refractivity contribution is 5.84. The van der Waals surface area contributed by atoms with E-state index in [1.165, 1.54) is 6.92 Å². The lowest BCUT2D eigenvalue weighted by Gasteiger charge is -2.24. The van der Waals surface area contributed by atoms with E-state index in [1.807, 2.05) is 20.8 Å². The van der Waals surface area contributed by atoms with Gasteiger partial charge in [-0.1, -0.05) is 20.8 Å². The monoisotopic (exact) mass is 200 g/mol. The number of carbonyl (C=O) groups is 2. The number of aliphatic hydroxyl groups is 1. The average Bonchev–Trinajstić information content (AvgIpc) is 2.00. The highest BCUT2D eigenvalue weighted by Crippen LogP contribution is 2.21. The van der Waals surface area contributed by atoms with Crippen molar-refractivity contribution in [3.8, 4) is 0 Å². The Morgan fingerprint density at radius 3 is 2.07 bits per heavy atom. The first kappa shape index (κ1) is 13.3. The zero-order valence-electron chi connectivity index (χ0n) is 9.46. The van der Waals surface area contributed by atoms with Crippen LogP contribution < -0.4 is 0 Å². The largest absolute Gasteiger partial charge is 0.385 e. The molecule has 14 heavy (non-hydrogen) atoms. The molecule has 0 radical (unpaired) electrons. The number of aliphatic hydroxyl groups excluding tert-OH is 1. The molecular weight excluding hydrogens is 180 g/mol. The van der Waals surface area contributed by atoms with Gasteiger partial charge in [-0.05, 0) is 18.8 Å². The molecule has 0 spiro atoms. The van der Waals surface area contributed by atoms with Crippen molar-refractivity contribution in [2.24, 2.45) is 5.41 Å². The summed E-state index contributed by atoms with van der Waals surface area (Å²) in [5.41, 5.74) is -0.409. The zero-order chi connectivity index (χ0) is 11.4. The molecule has 0 amide bonds. The smallest absolute Gasteiger partial charge is 0.161 e. The van der Waals surface area contributed by atoms with Crippen molar-refractivity contribution in [2.75, 3.05) is 0 Å². The van der Waals surface area contributed by atoms with Gasteiger partial charge in [-0.15, -0.1) is 0 Å². The second kappa shape index (κ2) is 5.25. The van der Waals surface area contributed by atoms with Crippen molar-refractivity contribution in [3.63, 3.8) is 0 Å². The van der Waals surface area contributed by atoms with Crippen LogP contribution in [0.4, 0.5) is 0 Å². The Morgan fingerprint density at radius 2 is 1.71 bits per heavy atom. The van der Waals surface area contributed by atoms with Crippen molar-refractivity contribution in [1.82, 2.24) is 0 Å². The normalized spacial score (nSPS) is 13.8. The first-order valence-corrected chi connectivity index (χ1v) is 4.95. The molecule has 1 atom stereocenters. The van der Waals surface area contributed by atoms with Crippen LogP contribution >= 0.6 is 0 Å². The lowest BCUT2D eigenvalue weighted by Crippen LogP contribution is -2.34. The Kier molecular flexibility index (Phi) is 4.99. The standard InChI is InChI=1S/C11H20O3/c1-8(12)6-5-7-9(13)10(14)11(2,3)4/h10,14H,5-7H2,1-4H3/t10-/m0/s1. The summed E-state index contributed by atoms with van der Waals surface area (Å²) in [4.78, 5) is 22.0. The van der Waals surface area contributed by atoms with Crippen LogP contribution in [0.25, 0.3) is 0 Å². The lowest BCUT2D eigenvalue weighted by molar-refractivity contribution is -0.132. The summed E-state index contributed by atoms with van der Waals surface area (Å²) in [6.07, 6.45) is 0.330. The molecule has 0 aromatic rings. The van der Waals surface area contributed by atoms with Crippen LogP contribution in [0.1, 0.15) is 47.0 Å². The van der Waals surface area contributed by atoms with E-state index < -0.39 is 11.5 Å². The first-order chi connectivity index (χ1) is 6.25. The minimum Gasteiger partial charge on any atom is -0.385 e. The SMILES string of the molecule is CC(=O)CCCC(=O)[C@H](O)C(C)(C)C. The molecule has 0 bridgehead atoms. The fourth-order valence-electron chi connectivity index (χ4n) is 1.13. The van der Waals surface area contributed by atoms with Gasteiger partial charge in [0, 0.05) is 12.8 Å². The van der Waals surface area contributed by atoms with Gasteiger partial charge in [0.15, 0.2) is 5.78 Å². The molecule has 0 fully saturated rings. The first-order valence-electron chi connectivity index (χ1n) is 4.95. The quantitative estimate of drug-likeness (QED) is 0.735. The van der Waals surface area contributed by atoms with Crippen molar-refractivity contribution in [2.45, 2.75) is 53.1 Å². The third-order valence-corrected chi connectivity index (χ3v) is 2.08. The van der Waals surface area contributed by atoms with Crippen LogP contribution in [-0.2, 0) is 9.59 Å². The molecular formula is C11H20O3. The molecule has 0 aromatic carbocycles. The molecule has 0 aromatic heterocycles. The predicted octanol–water partition coefficient (Wildman–Crippen LogP) is 1.72. The van der Waals surface area contributed by atoms with Crippen molar-refractivity contribution < 1.29 is 14.7 Å². The van der Waals surface area contributed by atoms with Crippen LogP contribution in [0.5, 0.6) is 0 Å². The van der Waals surface area contributed by atoms with Crippen LogP contribution in [0.2, 0.25) is 0 Å². The Hall–Kier alpha value is -0.700. The van der Waals surface area contributed by atoms with Gasteiger partial charge in [0.05, 0.1) is 0 Å². The Morgan fingerprint density at radius 1 is 1.21 bits per heavy atom. The maximum absolute atomic E-state index is 11.4. The molecule has 82 valence electrons. The zero-order valence-corrected chi connectivity index (χ0v) is 9.46. The van der Waals surface area contributed by atoms with E-state index in [2.05, 4.69) is 0 Å². The minimum atomic E-state index is -0.922. The minimum absolute atomic E-state index is 0.0862. The highest BCUT2D eigenvalue weighted by Gasteiger charge is 2.28. The molecule has 0 unspecified atom stereocenters. The molecule has 0 rings (SSSR count). The van der Waals surface area contributed by atoms with E-state index in [0.29, 0.717) is 12.8 Å². The second-order valence-corrected chi connectivity index (χ2v) is 4.79. The summed E-state index contributed by atoms with van der Waals surface area (Å²) in [6, 6.07) is 0. The van der Waals surface area contributed by atoms with Gasteiger partial charge in [0.25, 0.3) is 0 Å². The van der Waals surface area contributed by atoms with Gasteiger partial charge in [-0.3, -0.25) is 4.79 Å². The number of carbonyl (C=O) groups excluding carboxylic acids is 2. The van der Waals surface area contributed by atoms with E-state index in [0.717, 1.165) is 0 Å². The molecule has 0 heterocycles. The number of hydrogen-bond acceptors (Lipinski definition) is 3. The molecule has 1 N–H and O–H groups in total. The molecule has 0 aliphatic rings. The number of ketones is 2. The predicted molar refractivity (Wildman–Crippen MR) is 55.0 cm³/mol. The van der Waals surface area contributed by atoms with Gasteiger partial charge in [-0.25, -0.2) is 0 Å². The van der Waals surface area contributed by atoms with E-state index in [-0.39, 0.29) is 18.0 Å². The second-order valence-electron chi connectivity index (χ2n) is 4.79. The lowest BCUT2D eigenvalue weighted by atomic mass is 9.85. The summed E-state index contributed by atoms with van der Waals surface area (Å²) < 4.78 is 0. The molecule has 3 heteroatoms. The van der Waals surface area contributed by atoms with Crippen LogP contribution in [0.3, 0.4) is 0 Å². The average molecular weight is 200 g/mol. The van der Waals surface area contributed by atoms with Gasteiger partial charge in [-0.2, -0.15) is 0 Å².